The lowest BCUT2D eigenvalue weighted by Gasteiger charge is -2.24. The Morgan fingerprint density at radius 2 is 2.33 bits per heavy atom. The Balaban J connectivity index is 2.07. The molecular formula is C11H13F2N5O2S. The number of carbonyl (C=O) groups is 1. The lowest BCUT2D eigenvalue weighted by atomic mass is 10.2. The van der Waals surface area contributed by atoms with E-state index in [0.717, 1.165) is 11.8 Å². The van der Waals surface area contributed by atoms with E-state index in [-0.39, 0.29) is 6.54 Å². The van der Waals surface area contributed by atoms with Gasteiger partial charge in [-0.1, -0.05) is 0 Å². The maximum Gasteiger partial charge on any atom is 0.349 e. The van der Waals surface area contributed by atoms with E-state index in [9.17, 15) is 13.6 Å². The molecule has 2 N–H and O–H groups in total. The number of aromatic amines is 1. The van der Waals surface area contributed by atoms with Crippen LogP contribution in [0, 0.1) is 0 Å². The molecular weight excluding hydrogens is 304 g/mol. The van der Waals surface area contributed by atoms with E-state index in [1.54, 1.807) is 11.4 Å². The third-order valence-electron chi connectivity index (χ3n) is 2.81. The Hall–Kier alpha value is -1.94. The van der Waals surface area contributed by atoms with Crippen molar-refractivity contribution in [3.05, 3.63) is 16.3 Å². The first-order chi connectivity index (χ1) is 9.82. The summed E-state index contributed by atoms with van der Waals surface area (Å²) in [5, 5.41) is 24.1. The largest absolute Gasteiger partial charge is 0.387 e. The van der Waals surface area contributed by atoms with Gasteiger partial charge >= 0.3 is 5.92 Å². The summed E-state index contributed by atoms with van der Waals surface area (Å²) < 4.78 is 26.9. The number of tetrazole rings is 1. The van der Waals surface area contributed by atoms with Crippen molar-refractivity contribution >= 4 is 17.2 Å². The van der Waals surface area contributed by atoms with Crippen molar-refractivity contribution in [1.82, 2.24) is 25.5 Å². The van der Waals surface area contributed by atoms with Crippen LogP contribution in [0.5, 0.6) is 0 Å². The zero-order valence-corrected chi connectivity index (χ0v) is 12.1. The number of aromatic nitrogens is 4. The molecule has 0 spiro atoms. The van der Waals surface area contributed by atoms with E-state index in [4.69, 9.17) is 5.11 Å². The normalized spacial score (nSPS) is 13.2. The second-order valence-electron chi connectivity index (χ2n) is 4.50. The third kappa shape index (κ3) is 3.22. The van der Waals surface area contributed by atoms with Crippen molar-refractivity contribution in [2.45, 2.75) is 25.5 Å². The molecule has 7 nitrogen and oxygen atoms in total. The van der Waals surface area contributed by atoms with Crippen molar-refractivity contribution in [3.8, 4) is 11.4 Å². The number of thiophene rings is 1. The standard InChI is InChI=1S/C11H13F2N5O2S/c1-6(19)11(12,13)10(20)18(2)4-8-3-7(5-21-8)9-14-16-17-15-9/h3,5-6,19H,4H2,1-2H3,(H,14,15,16,17). The summed E-state index contributed by atoms with van der Waals surface area (Å²) in [7, 11) is 1.26. The van der Waals surface area contributed by atoms with E-state index in [1.807, 2.05) is 0 Å². The van der Waals surface area contributed by atoms with Crippen molar-refractivity contribution in [3.63, 3.8) is 0 Å². The van der Waals surface area contributed by atoms with Crippen LogP contribution in [0.25, 0.3) is 11.4 Å². The van der Waals surface area contributed by atoms with Gasteiger partial charge in [0, 0.05) is 22.9 Å². The van der Waals surface area contributed by atoms with E-state index < -0.39 is 17.9 Å². The molecule has 0 aliphatic rings. The van der Waals surface area contributed by atoms with Crippen LogP contribution in [-0.2, 0) is 11.3 Å². The molecule has 1 unspecified atom stereocenters. The molecule has 2 aromatic heterocycles. The maximum atomic E-state index is 13.5. The first-order valence-electron chi connectivity index (χ1n) is 5.95. The molecule has 0 radical (unpaired) electrons. The van der Waals surface area contributed by atoms with Crippen LogP contribution >= 0.6 is 11.3 Å². The first-order valence-corrected chi connectivity index (χ1v) is 6.83. The van der Waals surface area contributed by atoms with Gasteiger partial charge in [0.1, 0.15) is 6.10 Å². The molecule has 0 saturated heterocycles. The summed E-state index contributed by atoms with van der Waals surface area (Å²) in [6, 6.07) is 1.69. The van der Waals surface area contributed by atoms with Crippen molar-refractivity contribution in [2.75, 3.05) is 7.05 Å². The number of aliphatic hydroxyl groups excluding tert-OH is 1. The molecule has 0 aliphatic carbocycles. The van der Waals surface area contributed by atoms with Crippen LogP contribution in [0.2, 0.25) is 0 Å². The molecule has 0 aliphatic heterocycles. The monoisotopic (exact) mass is 317 g/mol. The van der Waals surface area contributed by atoms with Gasteiger partial charge < -0.3 is 10.0 Å². The number of amides is 1. The summed E-state index contributed by atoms with van der Waals surface area (Å²) in [4.78, 5) is 13.2. The number of hydrogen-bond acceptors (Lipinski definition) is 6. The number of nitrogens with one attached hydrogen (secondary N) is 1. The van der Waals surface area contributed by atoms with E-state index in [2.05, 4.69) is 20.6 Å². The predicted octanol–water partition coefficient (Wildman–Crippen LogP) is 0.903. The second-order valence-corrected chi connectivity index (χ2v) is 5.49. The predicted molar refractivity (Wildman–Crippen MR) is 70.6 cm³/mol. The summed E-state index contributed by atoms with van der Waals surface area (Å²) in [6.45, 7) is 0.884. The number of nitrogens with zero attached hydrogens (tertiary/aromatic N) is 4. The molecule has 0 fully saturated rings. The van der Waals surface area contributed by atoms with Crippen molar-refractivity contribution in [2.24, 2.45) is 0 Å². The minimum absolute atomic E-state index is 0.00363. The lowest BCUT2D eigenvalue weighted by Crippen LogP contribution is -2.47. The molecule has 0 bridgehead atoms. The highest BCUT2D eigenvalue weighted by atomic mass is 32.1. The van der Waals surface area contributed by atoms with Gasteiger partial charge in [0.15, 0.2) is 0 Å². The van der Waals surface area contributed by atoms with Crippen LogP contribution in [0.4, 0.5) is 8.78 Å². The van der Waals surface area contributed by atoms with Crippen molar-refractivity contribution in [1.29, 1.82) is 0 Å². The van der Waals surface area contributed by atoms with E-state index in [1.165, 1.54) is 18.4 Å². The molecule has 2 aromatic rings. The van der Waals surface area contributed by atoms with Gasteiger partial charge in [0.05, 0.1) is 6.54 Å². The van der Waals surface area contributed by atoms with Gasteiger partial charge in [0.25, 0.3) is 5.91 Å². The van der Waals surface area contributed by atoms with E-state index >= 15 is 0 Å². The molecule has 21 heavy (non-hydrogen) atoms. The third-order valence-corrected chi connectivity index (χ3v) is 3.73. The van der Waals surface area contributed by atoms with E-state index in [0.29, 0.717) is 16.3 Å². The number of rotatable bonds is 5. The summed E-state index contributed by atoms with van der Waals surface area (Å²) in [6.07, 6.45) is -2.04. The Labute approximate surface area is 122 Å². The van der Waals surface area contributed by atoms with Gasteiger partial charge in [-0.05, 0) is 18.2 Å². The lowest BCUT2D eigenvalue weighted by molar-refractivity contribution is -0.171. The van der Waals surface area contributed by atoms with Crippen LogP contribution in [0.3, 0.4) is 0 Å². The highest BCUT2D eigenvalue weighted by molar-refractivity contribution is 7.10. The van der Waals surface area contributed by atoms with Gasteiger partial charge in [-0.15, -0.1) is 21.5 Å². The molecule has 114 valence electrons. The quantitative estimate of drug-likeness (QED) is 0.854. The number of halogens is 2. The van der Waals surface area contributed by atoms with Crippen molar-refractivity contribution < 1.29 is 18.7 Å². The topological polar surface area (TPSA) is 95.0 Å². The zero-order valence-electron chi connectivity index (χ0n) is 11.2. The van der Waals surface area contributed by atoms with Gasteiger partial charge in [-0.3, -0.25) is 4.79 Å². The summed E-state index contributed by atoms with van der Waals surface area (Å²) in [5.41, 5.74) is 0.687. The highest BCUT2D eigenvalue weighted by Gasteiger charge is 2.45. The summed E-state index contributed by atoms with van der Waals surface area (Å²) in [5.74, 6) is -4.84. The fourth-order valence-electron chi connectivity index (χ4n) is 1.60. The minimum Gasteiger partial charge on any atom is -0.387 e. The van der Waals surface area contributed by atoms with Crippen LogP contribution < -0.4 is 0 Å². The Bertz CT molecular complexity index is 614. The molecule has 1 atom stereocenters. The maximum absolute atomic E-state index is 13.5. The van der Waals surface area contributed by atoms with Gasteiger partial charge in [0.2, 0.25) is 5.82 Å². The van der Waals surface area contributed by atoms with Gasteiger partial charge in [-0.2, -0.15) is 14.0 Å². The van der Waals surface area contributed by atoms with Gasteiger partial charge in [-0.25, -0.2) is 0 Å². The number of hydrogen-bond donors (Lipinski definition) is 2. The average Bonchev–Trinajstić information content (AvgIpc) is 3.07. The van der Waals surface area contributed by atoms with Crippen LogP contribution in [0.15, 0.2) is 11.4 Å². The van der Waals surface area contributed by atoms with Crippen LogP contribution in [-0.4, -0.2) is 55.6 Å². The molecule has 2 rings (SSSR count). The first kappa shape index (κ1) is 15.4. The fourth-order valence-corrected chi connectivity index (χ4v) is 2.52. The SMILES string of the molecule is CC(O)C(F)(F)C(=O)N(C)Cc1cc(-c2nn[nH]n2)cs1. The minimum atomic E-state index is -3.80. The fraction of sp³-hybridized carbons (Fsp3) is 0.455. The number of carbonyl (C=O) groups excluding carboxylic acids is 1. The number of H-pyrrole nitrogens is 1. The molecule has 1 amide bonds. The Morgan fingerprint density at radius 3 is 2.90 bits per heavy atom. The zero-order chi connectivity index (χ0) is 15.6. The molecule has 2 heterocycles. The smallest absolute Gasteiger partial charge is 0.349 e. The highest BCUT2D eigenvalue weighted by Crippen LogP contribution is 2.25. The Morgan fingerprint density at radius 1 is 1.62 bits per heavy atom. The molecule has 10 heteroatoms. The second kappa shape index (κ2) is 5.82. The average molecular weight is 317 g/mol. The molecule has 0 saturated carbocycles. The Kier molecular flexibility index (Phi) is 4.28. The molecule has 0 aromatic carbocycles. The van der Waals surface area contributed by atoms with Crippen LogP contribution in [0.1, 0.15) is 11.8 Å². The number of alkyl halides is 2. The summed E-state index contributed by atoms with van der Waals surface area (Å²) >= 11 is 1.29. The number of aliphatic hydroxyl groups is 1.